The predicted molar refractivity (Wildman–Crippen MR) is 157 cm³/mol. The van der Waals surface area contributed by atoms with Crippen LogP contribution in [0.3, 0.4) is 0 Å². The van der Waals surface area contributed by atoms with Gasteiger partial charge in [0.2, 0.25) is 5.96 Å². The molecule has 2 N–H and O–H groups in total. The summed E-state index contributed by atoms with van der Waals surface area (Å²) in [6, 6.07) is 8.43. The number of hydrogen-bond acceptors (Lipinski definition) is 5. The van der Waals surface area contributed by atoms with Crippen molar-refractivity contribution in [2.45, 2.75) is 20.0 Å². The number of ether oxygens (including phenoxy) is 2. The fourth-order valence-corrected chi connectivity index (χ4v) is 5.31. The molecule has 2 aliphatic heterocycles. The summed E-state index contributed by atoms with van der Waals surface area (Å²) in [5.74, 6) is 0.285. The number of halogens is 3. The zero-order chi connectivity index (χ0) is 29.9. The van der Waals surface area contributed by atoms with Gasteiger partial charge in [-0.3, -0.25) is 14.7 Å². The first kappa shape index (κ1) is 29.5. The van der Waals surface area contributed by atoms with E-state index in [1.165, 1.54) is 6.07 Å². The molecule has 11 heteroatoms. The van der Waals surface area contributed by atoms with Gasteiger partial charge in [-0.2, -0.15) is 13.2 Å². The Kier molecular flexibility index (Phi) is 8.79. The fraction of sp³-hybridized carbons (Fsp3) is 0.387. The maximum absolute atomic E-state index is 13.6. The zero-order valence-electron chi connectivity index (χ0n) is 23.8. The lowest BCUT2D eigenvalue weighted by Gasteiger charge is -2.32. The molecule has 1 aliphatic carbocycles. The molecule has 0 radical (unpaired) electrons. The number of amides is 1. The molecular formula is C31H34F3N5O3. The number of aryl methyl sites for hydroxylation is 1. The zero-order valence-corrected chi connectivity index (χ0v) is 23.8. The topological polar surface area (TPSA) is 87.5 Å². The number of anilines is 1. The molecule has 1 saturated heterocycles. The van der Waals surface area contributed by atoms with Crippen molar-refractivity contribution in [2.75, 3.05) is 51.8 Å². The van der Waals surface area contributed by atoms with Crippen LogP contribution in [0.25, 0.3) is 5.57 Å². The minimum atomic E-state index is -4.57. The third-order valence-electron chi connectivity index (χ3n) is 7.79. The summed E-state index contributed by atoms with van der Waals surface area (Å²) in [5.41, 5.74) is 3.32. The van der Waals surface area contributed by atoms with Crippen LogP contribution in [0, 0.1) is 18.8 Å². The smallest absolute Gasteiger partial charge is 0.416 e. The molecule has 2 atom stereocenters. The van der Waals surface area contributed by atoms with Crippen molar-refractivity contribution in [1.82, 2.24) is 10.2 Å². The van der Waals surface area contributed by atoms with Crippen LogP contribution in [0.5, 0.6) is 5.75 Å². The number of benzene rings is 2. The maximum Gasteiger partial charge on any atom is 0.416 e. The van der Waals surface area contributed by atoms with Gasteiger partial charge >= 0.3 is 6.18 Å². The quantitative estimate of drug-likeness (QED) is 0.471. The number of nitrogens with zero attached hydrogens (tertiary/aromatic N) is 3. The molecular weight excluding hydrogens is 547 g/mol. The number of hydrogen-bond donors (Lipinski definition) is 2. The fourth-order valence-electron chi connectivity index (χ4n) is 5.31. The second kappa shape index (κ2) is 12.5. The second-order valence-electron chi connectivity index (χ2n) is 10.5. The van der Waals surface area contributed by atoms with Crippen LogP contribution in [0.15, 0.2) is 64.2 Å². The number of allylic oxidation sites excluding steroid dienone is 4. The molecule has 0 saturated carbocycles. The van der Waals surface area contributed by atoms with Crippen molar-refractivity contribution >= 4 is 29.3 Å². The molecule has 0 bridgehead atoms. The number of fused-ring (bicyclic) bond motifs is 1. The Hall–Kier alpha value is -3.96. The molecule has 0 spiro atoms. The summed E-state index contributed by atoms with van der Waals surface area (Å²) in [5, 5.41) is 5.91. The molecule has 2 aromatic carbocycles. The molecule has 222 valence electrons. The van der Waals surface area contributed by atoms with Gasteiger partial charge in [0, 0.05) is 50.1 Å². The van der Waals surface area contributed by atoms with Gasteiger partial charge in [0.15, 0.2) is 0 Å². The second-order valence-corrected chi connectivity index (χ2v) is 10.5. The highest BCUT2D eigenvalue weighted by molar-refractivity contribution is 6.06. The summed E-state index contributed by atoms with van der Waals surface area (Å²) in [6.45, 7) is 7.71. The van der Waals surface area contributed by atoms with E-state index >= 15 is 0 Å². The molecule has 42 heavy (non-hydrogen) atoms. The van der Waals surface area contributed by atoms with Gasteiger partial charge in [-0.15, -0.1) is 0 Å². The van der Waals surface area contributed by atoms with Gasteiger partial charge in [-0.05, 0) is 65.9 Å². The normalized spacial score (nSPS) is 21.7. The minimum Gasteiger partial charge on any atom is -0.490 e. The molecule has 5 rings (SSSR count). The van der Waals surface area contributed by atoms with E-state index < -0.39 is 17.6 Å². The maximum atomic E-state index is 13.6. The monoisotopic (exact) mass is 581 g/mol. The number of aliphatic imine (C=N–C) groups is 2. The summed E-state index contributed by atoms with van der Waals surface area (Å²) < 4.78 is 51.9. The van der Waals surface area contributed by atoms with Gasteiger partial charge in [0.05, 0.1) is 24.5 Å². The molecule has 0 aromatic heterocycles. The molecule has 8 nitrogen and oxygen atoms in total. The Labute approximate surface area is 243 Å². The van der Waals surface area contributed by atoms with Crippen molar-refractivity contribution < 1.29 is 27.4 Å². The molecule has 1 fully saturated rings. The third kappa shape index (κ3) is 6.57. The number of rotatable bonds is 7. The highest BCUT2D eigenvalue weighted by Gasteiger charge is 2.32. The first-order chi connectivity index (χ1) is 20.1. The van der Waals surface area contributed by atoms with E-state index in [0.717, 1.165) is 47.6 Å². The first-order valence-corrected chi connectivity index (χ1v) is 13.9. The van der Waals surface area contributed by atoms with Crippen molar-refractivity contribution in [1.29, 1.82) is 0 Å². The number of nitrogens with one attached hydrogen (secondary N) is 2. The van der Waals surface area contributed by atoms with Crippen LogP contribution >= 0.6 is 0 Å². The van der Waals surface area contributed by atoms with Crippen LogP contribution in [0.4, 0.5) is 18.9 Å². The highest BCUT2D eigenvalue weighted by atomic mass is 19.4. The average Bonchev–Trinajstić information content (AvgIpc) is 2.98. The third-order valence-corrected chi connectivity index (χ3v) is 7.79. The Bertz CT molecular complexity index is 1460. The van der Waals surface area contributed by atoms with E-state index in [1.54, 1.807) is 19.2 Å². The summed E-state index contributed by atoms with van der Waals surface area (Å²) in [6.07, 6.45) is 1.32. The first-order valence-electron chi connectivity index (χ1n) is 13.9. The lowest BCUT2D eigenvalue weighted by molar-refractivity contribution is -0.137. The molecule has 2 aromatic rings. The number of carbonyl (C=O) groups is 1. The van der Waals surface area contributed by atoms with Crippen molar-refractivity contribution in [3.63, 3.8) is 0 Å². The number of morpholine rings is 1. The van der Waals surface area contributed by atoms with E-state index in [1.807, 2.05) is 31.4 Å². The van der Waals surface area contributed by atoms with E-state index in [2.05, 4.69) is 32.4 Å². The van der Waals surface area contributed by atoms with E-state index in [4.69, 9.17) is 9.47 Å². The predicted octanol–water partition coefficient (Wildman–Crippen LogP) is 5.17. The molecule has 1 amide bonds. The Morgan fingerprint density at radius 3 is 2.71 bits per heavy atom. The highest BCUT2D eigenvalue weighted by Crippen LogP contribution is 2.38. The lowest BCUT2D eigenvalue weighted by atomic mass is 9.77. The van der Waals surface area contributed by atoms with Gasteiger partial charge in [-0.1, -0.05) is 19.1 Å². The van der Waals surface area contributed by atoms with Crippen LogP contribution in [-0.2, 0) is 10.9 Å². The SMILES string of the molecule is CN=C1N=CC2C(=CC=C(c3cc(C(=O)Nc4cc(C(F)(F)F)ccc4OCCN4CCOCC4)ccc3C)C2C)N1. The van der Waals surface area contributed by atoms with Crippen molar-refractivity contribution in [3.8, 4) is 5.75 Å². The Morgan fingerprint density at radius 1 is 1.19 bits per heavy atom. The van der Waals surface area contributed by atoms with Gasteiger partial charge in [0.1, 0.15) is 12.4 Å². The van der Waals surface area contributed by atoms with Gasteiger partial charge in [0.25, 0.3) is 5.91 Å². The van der Waals surface area contributed by atoms with Gasteiger partial charge in [-0.25, -0.2) is 4.99 Å². The van der Waals surface area contributed by atoms with Gasteiger partial charge < -0.3 is 20.1 Å². The standard InChI is InChI=1S/C31H34F3N5O3/c1-19-4-5-21(16-24(19)23-7-8-26-25(20(23)2)18-36-30(35-3)38-26)29(40)37-27-17-22(31(32,33)34)6-9-28(27)42-15-12-39-10-13-41-14-11-39/h4-9,16-18,20,25H,10-15H2,1-3H3,(H,35,38)(H,37,40). The Balaban J connectivity index is 1.37. The van der Waals surface area contributed by atoms with Crippen LogP contribution in [0.2, 0.25) is 0 Å². The molecule has 2 heterocycles. The summed E-state index contributed by atoms with van der Waals surface area (Å²) in [4.78, 5) is 24.1. The lowest BCUT2D eigenvalue weighted by Crippen LogP contribution is -2.38. The van der Waals surface area contributed by atoms with Crippen LogP contribution in [-0.4, -0.2) is 69.5 Å². The number of carbonyl (C=O) groups excluding carboxylic acids is 1. The van der Waals surface area contributed by atoms with E-state index in [9.17, 15) is 18.0 Å². The minimum absolute atomic E-state index is 0.0228. The molecule has 3 aliphatic rings. The van der Waals surface area contributed by atoms with Crippen LogP contribution < -0.4 is 15.4 Å². The molecule has 2 unspecified atom stereocenters. The number of guanidine groups is 1. The number of alkyl halides is 3. The summed E-state index contributed by atoms with van der Waals surface area (Å²) in [7, 11) is 1.67. The average molecular weight is 582 g/mol. The van der Waals surface area contributed by atoms with Crippen LogP contribution in [0.1, 0.15) is 34.0 Å². The van der Waals surface area contributed by atoms with E-state index in [-0.39, 0.29) is 29.9 Å². The van der Waals surface area contributed by atoms with Crippen molar-refractivity contribution in [2.24, 2.45) is 21.8 Å². The van der Waals surface area contributed by atoms with Crippen molar-refractivity contribution in [3.05, 3.63) is 76.5 Å². The van der Waals surface area contributed by atoms with E-state index in [0.29, 0.717) is 31.3 Å². The Morgan fingerprint density at radius 2 is 1.98 bits per heavy atom. The largest absolute Gasteiger partial charge is 0.490 e. The summed E-state index contributed by atoms with van der Waals surface area (Å²) >= 11 is 0.